The highest BCUT2D eigenvalue weighted by Crippen LogP contribution is 2.15. The molecule has 1 saturated heterocycles. The molecule has 140 valence electrons. The molecular weight excluding hydrogens is 334 g/mol. The lowest BCUT2D eigenvalue weighted by molar-refractivity contribution is -0.152. The number of nitrogens with one attached hydrogen (secondary N) is 1. The van der Waals surface area contributed by atoms with Crippen molar-refractivity contribution >= 4 is 11.9 Å². The molecule has 0 radical (unpaired) electrons. The zero-order valence-electron chi connectivity index (χ0n) is 15.4. The number of carbonyl (C=O) groups excluding carboxylic acids is 2. The summed E-state index contributed by atoms with van der Waals surface area (Å²) in [7, 11) is 0. The van der Waals surface area contributed by atoms with Crippen LogP contribution in [-0.2, 0) is 20.7 Å². The number of hydrogen-bond donors (Lipinski definition) is 1. The molecule has 1 N–H and O–H groups in total. The molecule has 0 saturated carbocycles. The molecule has 0 spiro atoms. The van der Waals surface area contributed by atoms with Crippen molar-refractivity contribution in [1.82, 2.24) is 9.88 Å². The maximum Gasteiger partial charge on any atom is 0.306 e. The summed E-state index contributed by atoms with van der Waals surface area (Å²) in [5.74, 6) is -0.611. The van der Waals surface area contributed by atoms with Crippen molar-refractivity contribution in [3.05, 3.63) is 32.7 Å². The molecular formula is C19H25N3O4. The highest BCUT2D eigenvalue weighted by molar-refractivity contribution is 5.80. The Labute approximate surface area is 153 Å². The molecule has 1 amide bonds. The molecule has 2 heterocycles. The van der Waals surface area contributed by atoms with E-state index < -0.39 is 11.5 Å². The maximum atomic E-state index is 12.1. The number of nitrogens with zero attached hydrogens (tertiary/aromatic N) is 2. The number of hydrogen-bond acceptors (Lipinski definition) is 5. The first-order valence-electron chi connectivity index (χ1n) is 9.00. The molecule has 0 unspecified atom stereocenters. The molecule has 1 fully saturated rings. The van der Waals surface area contributed by atoms with Crippen LogP contribution in [0.4, 0.5) is 0 Å². The van der Waals surface area contributed by atoms with Gasteiger partial charge in [-0.1, -0.05) is 12.8 Å². The van der Waals surface area contributed by atoms with Crippen molar-refractivity contribution in [2.75, 3.05) is 19.7 Å². The lowest BCUT2D eigenvalue weighted by Gasteiger charge is -2.20. The highest BCUT2D eigenvalue weighted by Gasteiger charge is 2.18. The van der Waals surface area contributed by atoms with E-state index in [2.05, 4.69) is 4.98 Å². The number of pyridine rings is 1. The third-order valence-corrected chi connectivity index (χ3v) is 4.81. The zero-order chi connectivity index (χ0) is 19.1. The lowest BCUT2D eigenvalue weighted by atomic mass is 9.99. The molecule has 0 aromatic carbocycles. The molecule has 1 aliphatic heterocycles. The Morgan fingerprint density at radius 3 is 2.46 bits per heavy atom. The number of esters is 1. The van der Waals surface area contributed by atoms with Crippen LogP contribution >= 0.6 is 0 Å². The molecule has 7 heteroatoms. The van der Waals surface area contributed by atoms with E-state index in [1.54, 1.807) is 18.7 Å². The number of nitriles is 1. The standard InChI is InChI=1S/C19H25N3O4/c1-13-15(14(2)21-19(25)16(13)11-20)7-8-18(24)26-12-17(23)22-9-5-3-4-6-10-22/h3-10,12H2,1-2H3,(H,21,25). The van der Waals surface area contributed by atoms with Crippen molar-refractivity contribution in [3.8, 4) is 6.07 Å². The first-order chi connectivity index (χ1) is 12.4. The largest absolute Gasteiger partial charge is 0.456 e. The Bertz CT molecular complexity index is 768. The minimum absolute atomic E-state index is 0.0651. The van der Waals surface area contributed by atoms with Crippen molar-refractivity contribution in [1.29, 1.82) is 5.26 Å². The summed E-state index contributed by atoms with van der Waals surface area (Å²) in [5.41, 5.74) is 1.63. The van der Waals surface area contributed by atoms with E-state index in [-0.39, 0.29) is 24.5 Å². The topological polar surface area (TPSA) is 103 Å². The third kappa shape index (κ3) is 4.94. The van der Waals surface area contributed by atoms with Gasteiger partial charge in [-0.05, 0) is 44.2 Å². The van der Waals surface area contributed by atoms with E-state index in [9.17, 15) is 14.4 Å². The number of rotatable bonds is 5. The minimum Gasteiger partial charge on any atom is -0.456 e. The smallest absolute Gasteiger partial charge is 0.306 e. The zero-order valence-corrected chi connectivity index (χ0v) is 15.4. The summed E-state index contributed by atoms with van der Waals surface area (Å²) < 4.78 is 5.11. The van der Waals surface area contributed by atoms with Gasteiger partial charge in [0.05, 0.1) is 0 Å². The van der Waals surface area contributed by atoms with Gasteiger partial charge in [0.2, 0.25) is 0 Å². The van der Waals surface area contributed by atoms with Crippen LogP contribution in [0.15, 0.2) is 4.79 Å². The van der Waals surface area contributed by atoms with E-state index in [0.29, 0.717) is 17.7 Å². The fourth-order valence-corrected chi connectivity index (χ4v) is 3.27. The second kappa shape index (κ2) is 9.18. The van der Waals surface area contributed by atoms with Crippen LogP contribution in [0.5, 0.6) is 0 Å². The first kappa shape index (κ1) is 19.7. The van der Waals surface area contributed by atoms with Crippen LogP contribution in [-0.4, -0.2) is 41.5 Å². The van der Waals surface area contributed by atoms with Crippen molar-refractivity contribution in [2.24, 2.45) is 0 Å². The van der Waals surface area contributed by atoms with Gasteiger partial charge in [0.25, 0.3) is 11.5 Å². The summed E-state index contributed by atoms with van der Waals surface area (Å²) in [6.45, 7) is 4.65. The van der Waals surface area contributed by atoms with Crippen LogP contribution in [0.25, 0.3) is 0 Å². The molecule has 0 aliphatic carbocycles. The average Bonchev–Trinajstić information content (AvgIpc) is 2.89. The summed E-state index contributed by atoms with van der Waals surface area (Å²) in [6, 6.07) is 1.89. The maximum absolute atomic E-state index is 12.1. The Balaban J connectivity index is 1.88. The lowest BCUT2D eigenvalue weighted by Crippen LogP contribution is -2.35. The number of H-pyrrole nitrogens is 1. The number of carbonyl (C=O) groups is 2. The van der Waals surface area contributed by atoms with Crippen LogP contribution in [0.3, 0.4) is 0 Å². The average molecular weight is 359 g/mol. The number of aryl methyl sites for hydroxylation is 1. The third-order valence-electron chi connectivity index (χ3n) is 4.81. The van der Waals surface area contributed by atoms with Crippen LogP contribution < -0.4 is 5.56 Å². The summed E-state index contributed by atoms with van der Waals surface area (Å²) >= 11 is 0. The predicted molar refractivity (Wildman–Crippen MR) is 95.6 cm³/mol. The molecule has 1 aromatic rings. The van der Waals surface area contributed by atoms with Gasteiger partial charge in [0, 0.05) is 25.2 Å². The highest BCUT2D eigenvalue weighted by atomic mass is 16.5. The molecule has 0 atom stereocenters. The minimum atomic E-state index is -0.461. The summed E-state index contributed by atoms with van der Waals surface area (Å²) in [6.07, 6.45) is 4.68. The molecule has 2 rings (SSSR count). The fraction of sp³-hybridized carbons (Fsp3) is 0.579. The van der Waals surface area contributed by atoms with Crippen molar-refractivity contribution in [2.45, 2.75) is 52.4 Å². The Morgan fingerprint density at radius 1 is 1.19 bits per heavy atom. The number of likely N-dealkylation sites (tertiary alicyclic amines) is 1. The monoisotopic (exact) mass is 359 g/mol. The number of aromatic nitrogens is 1. The van der Waals surface area contributed by atoms with E-state index in [1.807, 2.05) is 6.07 Å². The van der Waals surface area contributed by atoms with Gasteiger partial charge in [-0.2, -0.15) is 5.26 Å². The van der Waals surface area contributed by atoms with Gasteiger partial charge >= 0.3 is 5.97 Å². The SMILES string of the molecule is Cc1[nH]c(=O)c(C#N)c(C)c1CCC(=O)OCC(=O)N1CCCCCC1. The molecule has 1 aromatic heterocycles. The normalized spacial score (nSPS) is 14.4. The number of aromatic amines is 1. The second-order valence-corrected chi connectivity index (χ2v) is 6.63. The Kier molecular flexibility index (Phi) is 6.96. The summed E-state index contributed by atoms with van der Waals surface area (Å²) in [4.78, 5) is 40.2. The second-order valence-electron chi connectivity index (χ2n) is 6.63. The van der Waals surface area contributed by atoms with E-state index >= 15 is 0 Å². The molecule has 7 nitrogen and oxygen atoms in total. The van der Waals surface area contributed by atoms with Gasteiger partial charge in [0.1, 0.15) is 11.6 Å². The molecule has 0 bridgehead atoms. The fourth-order valence-electron chi connectivity index (χ4n) is 3.27. The Morgan fingerprint density at radius 2 is 1.85 bits per heavy atom. The van der Waals surface area contributed by atoms with E-state index in [0.717, 1.165) is 44.3 Å². The molecule has 1 aliphatic rings. The van der Waals surface area contributed by atoms with Crippen molar-refractivity contribution < 1.29 is 14.3 Å². The quantitative estimate of drug-likeness (QED) is 0.807. The number of ether oxygens (including phenoxy) is 1. The molecule has 26 heavy (non-hydrogen) atoms. The number of amides is 1. The van der Waals surface area contributed by atoms with Crippen LogP contribution in [0.2, 0.25) is 0 Å². The van der Waals surface area contributed by atoms with Crippen molar-refractivity contribution in [3.63, 3.8) is 0 Å². The van der Waals surface area contributed by atoms with Gasteiger partial charge < -0.3 is 14.6 Å². The first-order valence-corrected chi connectivity index (χ1v) is 9.00. The van der Waals surface area contributed by atoms with Crippen LogP contribution in [0.1, 0.15) is 54.5 Å². The summed E-state index contributed by atoms with van der Waals surface area (Å²) in [5, 5.41) is 9.08. The van der Waals surface area contributed by atoms with Gasteiger partial charge in [-0.3, -0.25) is 14.4 Å². The van der Waals surface area contributed by atoms with Gasteiger partial charge in [-0.25, -0.2) is 0 Å². The predicted octanol–water partition coefficient (Wildman–Crippen LogP) is 1.74. The Hall–Kier alpha value is -2.62. The van der Waals surface area contributed by atoms with E-state index in [4.69, 9.17) is 10.00 Å². The van der Waals surface area contributed by atoms with E-state index in [1.165, 1.54) is 0 Å². The van der Waals surface area contributed by atoms with Gasteiger partial charge in [-0.15, -0.1) is 0 Å². The van der Waals surface area contributed by atoms with Crippen LogP contribution in [0, 0.1) is 25.2 Å². The van der Waals surface area contributed by atoms with Gasteiger partial charge in [0.15, 0.2) is 6.61 Å².